The zero-order valence-electron chi connectivity index (χ0n) is 12.1. The Kier molecular flexibility index (Phi) is 5.11. The molecule has 1 amide bonds. The van der Waals surface area contributed by atoms with Crippen LogP contribution in [0.25, 0.3) is 6.08 Å². The first-order chi connectivity index (χ1) is 10.8. The Morgan fingerprint density at radius 1 is 1.13 bits per heavy atom. The molecular weight excluding hydrogens is 327 g/mol. The molecular formula is C17H13ClF3NO. The van der Waals surface area contributed by atoms with Gasteiger partial charge in [0.15, 0.2) is 0 Å². The van der Waals surface area contributed by atoms with Gasteiger partial charge < -0.3 is 5.32 Å². The molecule has 120 valence electrons. The summed E-state index contributed by atoms with van der Waals surface area (Å²) in [4.78, 5) is 11.8. The number of halogens is 4. The second-order valence-corrected chi connectivity index (χ2v) is 5.33. The van der Waals surface area contributed by atoms with Crippen LogP contribution in [0.1, 0.15) is 16.7 Å². The number of rotatable bonds is 3. The molecule has 0 aliphatic rings. The summed E-state index contributed by atoms with van der Waals surface area (Å²) >= 11 is 5.54. The summed E-state index contributed by atoms with van der Waals surface area (Å²) < 4.78 is 38.3. The van der Waals surface area contributed by atoms with Crippen LogP contribution in [-0.2, 0) is 11.0 Å². The maximum atomic E-state index is 12.8. The van der Waals surface area contributed by atoms with Crippen LogP contribution in [0.5, 0.6) is 0 Å². The summed E-state index contributed by atoms with van der Waals surface area (Å²) in [6.07, 6.45) is -2.07. The van der Waals surface area contributed by atoms with Crippen molar-refractivity contribution in [3.8, 4) is 0 Å². The molecule has 0 unspecified atom stereocenters. The second-order valence-electron chi connectivity index (χ2n) is 4.93. The van der Waals surface area contributed by atoms with E-state index in [0.717, 1.165) is 17.7 Å². The molecule has 1 N–H and O–H groups in total. The van der Waals surface area contributed by atoms with E-state index in [4.69, 9.17) is 11.6 Å². The minimum absolute atomic E-state index is 0.237. The van der Waals surface area contributed by atoms with Crippen LogP contribution >= 0.6 is 11.6 Å². The van der Waals surface area contributed by atoms with Crippen LogP contribution in [-0.4, -0.2) is 5.91 Å². The number of aryl methyl sites for hydroxylation is 1. The van der Waals surface area contributed by atoms with Gasteiger partial charge in [-0.1, -0.05) is 35.4 Å². The zero-order chi connectivity index (χ0) is 17.0. The van der Waals surface area contributed by atoms with Crippen molar-refractivity contribution in [2.24, 2.45) is 0 Å². The molecule has 0 aromatic heterocycles. The van der Waals surface area contributed by atoms with E-state index in [1.807, 2.05) is 19.1 Å². The number of carbonyl (C=O) groups excluding carboxylic acids is 1. The van der Waals surface area contributed by atoms with Gasteiger partial charge in [0.25, 0.3) is 0 Å². The first-order valence-electron chi connectivity index (χ1n) is 6.68. The van der Waals surface area contributed by atoms with Crippen LogP contribution in [0.2, 0.25) is 5.02 Å². The van der Waals surface area contributed by atoms with Crippen molar-refractivity contribution in [3.05, 3.63) is 70.3 Å². The molecule has 2 aromatic carbocycles. The van der Waals surface area contributed by atoms with Gasteiger partial charge in [0, 0.05) is 11.8 Å². The number of hydrogen-bond donors (Lipinski definition) is 1. The third-order valence-corrected chi connectivity index (χ3v) is 3.37. The smallest absolute Gasteiger partial charge is 0.323 e. The van der Waals surface area contributed by atoms with E-state index in [0.29, 0.717) is 5.69 Å². The van der Waals surface area contributed by atoms with Gasteiger partial charge in [-0.25, -0.2) is 0 Å². The topological polar surface area (TPSA) is 29.1 Å². The molecule has 0 fully saturated rings. The molecule has 0 atom stereocenters. The second kappa shape index (κ2) is 6.87. The molecule has 2 nitrogen and oxygen atoms in total. The highest BCUT2D eigenvalue weighted by atomic mass is 35.5. The normalized spacial score (nSPS) is 11.7. The third-order valence-electron chi connectivity index (χ3n) is 3.04. The lowest BCUT2D eigenvalue weighted by Gasteiger charge is -2.09. The largest absolute Gasteiger partial charge is 0.417 e. The highest BCUT2D eigenvalue weighted by Crippen LogP contribution is 2.35. The average Bonchev–Trinajstić information content (AvgIpc) is 2.47. The summed E-state index contributed by atoms with van der Waals surface area (Å²) in [5, 5.41) is 2.25. The van der Waals surface area contributed by atoms with Crippen LogP contribution in [0.15, 0.2) is 48.5 Å². The monoisotopic (exact) mass is 339 g/mol. The lowest BCUT2D eigenvalue weighted by Crippen LogP contribution is -2.08. The first kappa shape index (κ1) is 17.1. The quantitative estimate of drug-likeness (QED) is 0.753. The van der Waals surface area contributed by atoms with Gasteiger partial charge in [0.2, 0.25) is 5.91 Å². The number of carbonyl (C=O) groups is 1. The predicted molar refractivity (Wildman–Crippen MR) is 85.3 cm³/mol. The van der Waals surface area contributed by atoms with Crippen LogP contribution in [0, 0.1) is 6.92 Å². The summed E-state index contributed by atoms with van der Waals surface area (Å²) in [5.74, 6) is -0.433. The fraction of sp³-hybridized carbons (Fsp3) is 0.118. The van der Waals surface area contributed by atoms with E-state index < -0.39 is 17.6 Å². The maximum Gasteiger partial charge on any atom is 0.417 e. The van der Waals surface area contributed by atoms with Crippen molar-refractivity contribution >= 4 is 29.3 Å². The van der Waals surface area contributed by atoms with E-state index in [9.17, 15) is 18.0 Å². The van der Waals surface area contributed by atoms with E-state index in [1.165, 1.54) is 18.2 Å². The molecule has 6 heteroatoms. The molecule has 0 saturated carbocycles. The zero-order valence-corrected chi connectivity index (χ0v) is 12.9. The molecule has 0 aliphatic heterocycles. The van der Waals surface area contributed by atoms with Crippen molar-refractivity contribution in [1.82, 2.24) is 0 Å². The molecule has 0 aliphatic carbocycles. The lowest BCUT2D eigenvalue weighted by molar-refractivity contribution is -0.137. The number of benzene rings is 2. The lowest BCUT2D eigenvalue weighted by atomic mass is 10.1. The third kappa shape index (κ3) is 4.86. The number of anilines is 1. The summed E-state index contributed by atoms with van der Waals surface area (Å²) in [7, 11) is 0. The van der Waals surface area contributed by atoms with E-state index in [-0.39, 0.29) is 10.6 Å². The summed E-state index contributed by atoms with van der Waals surface area (Å²) in [6.45, 7) is 1.92. The minimum Gasteiger partial charge on any atom is -0.323 e. The summed E-state index contributed by atoms with van der Waals surface area (Å²) in [6, 6.07) is 10.6. The Balaban J connectivity index is 2.10. The maximum absolute atomic E-state index is 12.8. The van der Waals surface area contributed by atoms with Gasteiger partial charge in [0.05, 0.1) is 10.6 Å². The van der Waals surface area contributed by atoms with Crippen molar-refractivity contribution in [1.29, 1.82) is 0 Å². The standard InChI is InChI=1S/C17H13ClF3NO/c1-11-2-6-13(7-3-11)22-16(23)9-5-12-4-8-15(18)14(10-12)17(19,20)21/h2-10H,1H3,(H,22,23)/b9-5+. The van der Waals surface area contributed by atoms with Crippen molar-refractivity contribution in [3.63, 3.8) is 0 Å². The number of amides is 1. The minimum atomic E-state index is -4.54. The van der Waals surface area contributed by atoms with Crippen LogP contribution in [0.3, 0.4) is 0 Å². The van der Waals surface area contributed by atoms with Crippen LogP contribution in [0.4, 0.5) is 18.9 Å². The molecule has 0 saturated heterocycles. The van der Waals surface area contributed by atoms with Gasteiger partial charge in [-0.3, -0.25) is 4.79 Å². The number of hydrogen-bond acceptors (Lipinski definition) is 1. The number of nitrogens with one attached hydrogen (secondary N) is 1. The van der Waals surface area contributed by atoms with Gasteiger partial charge in [0.1, 0.15) is 0 Å². The van der Waals surface area contributed by atoms with E-state index >= 15 is 0 Å². The Morgan fingerprint density at radius 3 is 2.39 bits per heavy atom. The highest BCUT2D eigenvalue weighted by Gasteiger charge is 2.33. The van der Waals surface area contributed by atoms with Crippen molar-refractivity contribution in [2.75, 3.05) is 5.32 Å². The first-order valence-corrected chi connectivity index (χ1v) is 7.06. The fourth-order valence-electron chi connectivity index (χ4n) is 1.86. The molecule has 0 spiro atoms. The molecule has 23 heavy (non-hydrogen) atoms. The fourth-order valence-corrected chi connectivity index (χ4v) is 2.08. The predicted octanol–water partition coefficient (Wildman–Crippen LogP) is 5.32. The van der Waals surface area contributed by atoms with Gasteiger partial charge in [-0.05, 0) is 42.8 Å². The van der Waals surface area contributed by atoms with Gasteiger partial charge in [-0.15, -0.1) is 0 Å². The highest BCUT2D eigenvalue weighted by molar-refractivity contribution is 6.31. The van der Waals surface area contributed by atoms with Crippen molar-refractivity contribution in [2.45, 2.75) is 13.1 Å². The molecule has 0 radical (unpaired) electrons. The van der Waals surface area contributed by atoms with Crippen molar-refractivity contribution < 1.29 is 18.0 Å². The molecule has 2 rings (SSSR count). The van der Waals surface area contributed by atoms with E-state index in [2.05, 4.69) is 5.32 Å². The SMILES string of the molecule is Cc1ccc(NC(=O)/C=C/c2ccc(Cl)c(C(F)(F)F)c2)cc1. The van der Waals surface area contributed by atoms with E-state index in [1.54, 1.807) is 12.1 Å². The Labute approximate surface area is 136 Å². The van der Waals surface area contributed by atoms with Crippen LogP contribution < -0.4 is 5.32 Å². The number of alkyl halides is 3. The average molecular weight is 340 g/mol. The Bertz CT molecular complexity index is 736. The van der Waals surface area contributed by atoms with Gasteiger partial charge >= 0.3 is 6.18 Å². The Hall–Kier alpha value is -2.27. The molecule has 0 bridgehead atoms. The molecule has 2 aromatic rings. The summed E-state index contributed by atoms with van der Waals surface area (Å²) in [5.41, 5.74) is 0.970. The molecule has 0 heterocycles. The Morgan fingerprint density at radius 2 is 1.78 bits per heavy atom. The van der Waals surface area contributed by atoms with Gasteiger partial charge in [-0.2, -0.15) is 13.2 Å².